The summed E-state index contributed by atoms with van der Waals surface area (Å²) >= 11 is 0. The number of nitrogens with zero attached hydrogens (tertiary/aromatic N) is 4. The molecule has 1 aliphatic rings. The van der Waals surface area contributed by atoms with E-state index >= 15 is 0 Å². The number of amides is 2. The number of nitrogens with one attached hydrogen (secondary N) is 1. The Morgan fingerprint density at radius 3 is 2.87 bits per heavy atom. The van der Waals surface area contributed by atoms with Crippen LogP contribution in [-0.2, 0) is 16.1 Å². The lowest BCUT2D eigenvalue weighted by Gasteiger charge is -2.27. The average molecular weight is 323 g/mol. The molecule has 1 N–H and O–H groups in total. The first-order valence-corrected chi connectivity index (χ1v) is 8.05. The Kier molecular flexibility index (Phi) is 6.09. The van der Waals surface area contributed by atoms with Crippen molar-refractivity contribution in [2.24, 2.45) is 0 Å². The number of hydrogen-bond donors (Lipinski definition) is 1. The summed E-state index contributed by atoms with van der Waals surface area (Å²) in [7, 11) is 0. The van der Waals surface area contributed by atoms with Crippen LogP contribution in [0.4, 0.5) is 0 Å². The SMILES string of the molecule is CCNC(=O)CCN1CC[C@@H](N(Cc2noc(C)n2)C(C)=O)C1. The van der Waals surface area contributed by atoms with Crippen LogP contribution < -0.4 is 5.32 Å². The highest BCUT2D eigenvalue weighted by Gasteiger charge is 2.30. The zero-order valence-corrected chi connectivity index (χ0v) is 14.0. The molecular weight excluding hydrogens is 298 g/mol. The summed E-state index contributed by atoms with van der Waals surface area (Å²) in [4.78, 5) is 31.7. The molecule has 2 heterocycles. The largest absolute Gasteiger partial charge is 0.356 e. The number of aryl methyl sites for hydroxylation is 1. The molecule has 0 aromatic carbocycles. The predicted molar refractivity (Wildman–Crippen MR) is 83.4 cm³/mol. The molecule has 8 heteroatoms. The summed E-state index contributed by atoms with van der Waals surface area (Å²) in [6, 6.07) is 0.126. The molecule has 1 aromatic heterocycles. The second-order valence-corrected chi connectivity index (χ2v) is 5.82. The van der Waals surface area contributed by atoms with Crippen LogP contribution in [0.5, 0.6) is 0 Å². The highest BCUT2D eigenvalue weighted by molar-refractivity contribution is 5.76. The third-order valence-corrected chi connectivity index (χ3v) is 4.00. The average Bonchev–Trinajstić information content (AvgIpc) is 3.11. The molecule has 1 saturated heterocycles. The number of hydrogen-bond acceptors (Lipinski definition) is 6. The first-order chi connectivity index (χ1) is 11.0. The van der Waals surface area contributed by atoms with E-state index < -0.39 is 0 Å². The van der Waals surface area contributed by atoms with Gasteiger partial charge in [0.25, 0.3) is 0 Å². The number of rotatable bonds is 7. The van der Waals surface area contributed by atoms with Gasteiger partial charge in [0.2, 0.25) is 17.7 Å². The van der Waals surface area contributed by atoms with E-state index in [1.54, 1.807) is 18.7 Å². The molecule has 128 valence electrons. The number of likely N-dealkylation sites (tertiary alicyclic amines) is 1. The quantitative estimate of drug-likeness (QED) is 0.777. The monoisotopic (exact) mass is 323 g/mol. The maximum Gasteiger partial charge on any atom is 0.223 e. The smallest absolute Gasteiger partial charge is 0.223 e. The van der Waals surface area contributed by atoms with Crippen molar-refractivity contribution in [2.75, 3.05) is 26.2 Å². The third-order valence-electron chi connectivity index (χ3n) is 4.00. The van der Waals surface area contributed by atoms with E-state index in [9.17, 15) is 9.59 Å². The van der Waals surface area contributed by atoms with Crippen molar-refractivity contribution in [3.8, 4) is 0 Å². The fourth-order valence-corrected chi connectivity index (χ4v) is 2.87. The fourth-order valence-electron chi connectivity index (χ4n) is 2.87. The van der Waals surface area contributed by atoms with E-state index in [1.807, 2.05) is 6.92 Å². The molecule has 8 nitrogen and oxygen atoms in total. The van der Waals surface area contributed by atoms with Gasteiger partial charge in [-0.1, -0.05) is 5.16 Å². The molecule has 2 rings (SSSR count). The second kappa shape index (κ2) is 8.05. The van der Waals surface area contributed by atoms with Crippen molar-refractivity contribution in [3.05, 3.63) is 11.7 Å². The van der Waals surface area contributed by atoms with E-state index in [0.717, 1.165) is 26.1 Å². The van der Waals surface area contributed by atoms with Crippen molar-refractivity contribution in [3.63, 3.8) is 0 Å². The summed E-state index contributed by atoms with van der Waals surface area (Å²) in [5, 5.41) is 6.66. The van der Waals surface area contributed by atoms with Gasteiger partial charge in [0.15, 0.2) is 5.82 Å². The van der Waals surface area contributed by atoms with E-state index in [4.69, 9.17) is 4.52 Å². The van der Waals surface area contributed by atoms with Crippen LogP contribution >= 0.6 is 0 Å². The summed E-state index contributed by atoms with van der Waals surface area (Å²) in [6.45, 7) is 8.60. The summed E-state index contributed by atoms with van der Waals surface area (Å²) in [5.41, 5.74) is 0. The fraction of sp³-hybridized carbons (Fsp3) is 0.733. The molecule has 2 amide bonds. The number of aromatic nitrogens is 2. The van der Waals surface area contributed by atoms with Crippen molar-refractivity contribution >= 4 is 11.8 Å². The molecule has 23 heavy (non-hydrogen) atoms. The van der Waals surface area contributed by atoms with Crippen molar-refractivity contribution in [2.45, 2.75) is 46.2 Å². The lowest BCUT2D eigenvalue weighted by Crippen LogP contribution is -2.41. The summed E-state index contributed by atoms with van der Waals surface area (Å²) in [6.07, 6.45) is 1.39. The standard InChI is InChI=1S/C15H25N5O3/c1-4-16-15(22)6-8-19-7-5-13(9-19)20(12(3)21)10-14-17-11(2)23-18-14/h13H,4-10H2,1-3H3,(H,16,22)/t13-/m1/s1. The van der Waals surface area contributed by atoms with Crippen LogP contribution in [0.3, 0.4) is 0 Å². The van der Waals surface area contributed by atoms with Crippen LogP contribution in [0.25, 0.3) is 0 Å². The first kappa shape index (κ1) is 17.4. The minimum atomic E-state index is 0.00280. The molecule has 0 bridgehead atoms. The van der Waals surface area contributed by atoms with Crippen molar-refractivity contribution in [1.29, 1.82) is 0 Å². The maximum atomic E-state index is 12.0. The lowest BCUT2D eigenvalue weighted by molar-refractivity contribution is -0.131. The molecule has 0 radical (unpaired) electrons. The highest BCUT2D eigenvalue weighted by atomic mass is 16.5. The molecule has 1 aromatic rings. The van der Waals surface area contributed by atoms with Crippen LogP contribution in [0.2, 0.25) is 0 Å². The van der Waals surface area contributed by atoms with Crippen LogP contribution in [0, 0.1) is 6.92 Å². The highest BCUT2D eigenvalue weighted by Crippen LogP contribution is 2.18. The van der Waals surface area contributed by atoms with Gasteiger partial charge >= 0.3 is 0 Å². The normalized spacial score (nSPS) is 18.1. The van der Waals surface area contributed by atoms with Gasteiger partial charge in [0.1, 0.15) is 0 Å². The van der Waals surface area contributed by atoms with Crippen molar-refractivity contribution < 1.29 is 14.1 Å². The van der Waals surface area contributed by atoms with Crippen LogP contribution in [0.15, 0.2) is 4.52 Å². The van der Waals surface area contributed by atoms with Gasteiger partial charge in [-0.15, -0.1) is 0 Å². The Labute approximate surface area is 136 Å². The number of carbonyl (C=O) groups excluding carboxylic acids is 2. The predicted octanol–water partition coefficient (Wildman–Crippen LogP) is 0.327. The minimum Gasteiger partial charge on any atom is -0.356 e. The molecular formula is C15H25N5O3. The zero-order valence-electron chi connectivity index (χ0n) is 14.0. The van der Waals surface area contributed by atoms with Crippen LogP contribution in [0.1, 0.15) is 38.4 Å². The molecule has 0 unspecified atom stereocenters. The van der Waals surface area contributed by atoms with Gasteiger partial charge in [-0.3, -0.25) is 9.59 Å². The van der Waals surface area contributed by atoms with Gasteiger partial charge < -0.3 is 19.6 Å². The Morgan fingerprint density at radius 2 is 2.26 bits per heavy atom. The van der Waals surface area contributed by atoms with E-state index in [1.165, 1.54) is 0 Å². The summed E-state index contributed by atoms with van der Waals surface area (Å²) < 4.78 is 4.96. The van der Waals surface area contributed by atoms with Crippen LogP contribution in [-0.4, -0.2) is 64.0 Å². The molecule has 0 saturated carbocycles. The van der Waals surface area contributed by atoms with Crippen molar-refractivity contribution in [1.82, 2.24) is 25.3 Å². The number of carbonyl (C=O) groups is 2. The van der Waals surface area contributed by atoms with E-state index in [0.29, 0.717) is 31.2 Å². The van der Waals surface area contributed by atoms with Gasteiger partial charge in [0.05, 0.1) is 6.54 Å². The first-order valence-electron chi connectivity index (χ1n) is 8.05. The molecule has 0 aliphatic carbocycles. The molecule has 1 aliphatic heterocycles. The van der Waals surface area contributed by atoms with E-state index in [-0.39, 0.29) is 17.9 Å². The maximum absolute atomic E-state index is 12.0. The zero-order chi connectivity index (χ0) is 16.8. The Hall–Kier alpha value is -1.96. The van der Waals surface area contributed by atoms with Gasteiger partial charge in [-0.25, -0.2) is 0 Å². The van der Waals surface area contributed by atoms with Gasteiger partial charge in [0, 0.05) is 52.5 Å². The Bertz CT molecular complexity index is 545. The second-order valence-electron chi connectivity index (χ2n) is 5.82. The lowest BCUT2D eigenvalue weighted by atomic mass is 10.2. The topological polar surface area (TPSA) is 91.6 Å². The molecule has 1 atom stereocenters. The van der Waals surface area contributed by atoms with E-state index in [2.05, 4.69) is 20.4 Å². The summed E-state index contributed by atoms with van der Waals surface area (Å²) in [5.74, 6) is 1.10. The molecule has 0 spiro atoms. The third kappa shape index (κ3) is 5.02. The van der Waals surface area contributed by atoms with Gasteiger partial charge in [-0.2, -0.15) is 4.98 Å². The minimum absolute atomic E-state index is 0.00280. The Morgan fingerprint density at radius 1 is 1.48 bits per heavy atom. The molecule has 1 fully saturated rings. The Balaban J connectivity index is 1.86. The van der Waals surface area contributed by atoms with Gasteiger partial charge in [-0.05, 0) is 13.3 Å².